The number of thiazole rings is 1. The summed E-state index contributed by atoms with van der Waals surface area (Å²) in [6, 6.07) is -1.27. The summed E-state index contributed by atoms with van der Waals surface area (Å²) >= 11 is 0.988. The number of aliphatic hydroxyl groups is 2. The number of aromatic nitrogens is 1. The lowest BCUT2D eigenvalue weighted by Gasteiger charge is -2.50. The maximum absolute atomic E-state index is 13.0. The second kappa shape index (κ2) is 9.34. The van der Waals surface area contributed by atoms with Gasteiger partial charge in [-0.2, -0.15) is 13.5 Å². The molecule has 3 atom stereocenters. The van der Waals surface area contributed by atoms with E-state index in [1.165, 1.54) is 26.2 Å². The standard InChI is InChI=1S/C18H21N5O10S2/c1-7(8-4-11(25)12(26)5-10(8)24)32-22-13(9-6-34-17(19)20-9)15(27)21-14-16(28)23(18(14,2)3)33-35(29,30)31/h4-7,10,14,24,26H,1-3H3,(H2,19,20)(H,21,27)(H,29,30,31)/b22-13-/t7-,10?,14+/m0/s1. The number of allylic oxidation sites excluding steroid dienone is 1. The van der Waals surface area contributed by atoms with E-state index in [0.717, 1.165) is 23.5 Å². The summed E-state index contributed by atoms with van der Waals surface area (Å²) < 4.78 is 35.0. The number of hydrogen-bond donors (Lipinski definition) is 5. The molecule has 1 aromatic rings. The highest BCUT2D eigenvalue weighted by atomic mass is 32.3. The van der Waals surface area contributed by atoms with E-state index in [4.69, 9.17) is 15.1 Å². The number of nitrogens with zero attached hydrogens (tertiary/aromatic N) is 3. The summed E-state index contributed by atoms with van der Waals surface area (Å²) in [5.74, 6) is -3.30. The van der Waals surface area contributed by atoms with Crippen molar-refractivity contribution < 1.29 is 46.7 Å². The fourth-order valence-corrected chi connectivity index (χ4v) is 4.21. The molecule has 2 aliphatic rings. The molecule has 0 aromatic carbocycles. The molecule has 0 bridgehead atoms. The molecule has 2 amide bonds. The molecular formula is C18H21N5O10S2. The number of ketones is 1. The molecule has 1 aliphatic carbocycles. The van der Waals surface area contributed by atoms with Crippen molar-refractivity contribution in [2.45, 2.75) is 44.6 Å². The molecule has 1 saturated heterocycles. The van der Waals surface area contributed by atoms with Gasteiger partial charge >= 0.3 is 10.4 Å². The summed E-state index contributed by atoms with van der Waals surface area (Å²) in [5.41, 5.74) is 3.87. The number of carbonyl (C=O) groups is 3. The zero-order chi connectivity index (χ0) is 26.3. The Morgan fingerprint density at radius 2 is 2.06 bits per heavy atom. The van der Waals surface area contributed by atoms with Gasteiger partial charge in [0.2, 0.25) is 5.78 Å². The summed E-state index contributed by atoms with van der Waals surface area (Å²) in [4.78, 5) is 46.3. The van der Waals surface area contributed by atoms with E-state index in [1.54, 1.807) is 0 Å². The van der Waals surface area contributed by atoms with Crippen molar-refractivity contribution in [2.24, 2.45) is 5.16 Å². The first-order chi connectivity index (χ1) is 16.1. The van der Waals surface area contributed by atoms with Crippen molar-refractivity contribution in [3.63, 3.8) is 0 Å². The Kier molecular flexibility index (Phi) is 7.00. The van der Waals surface area contributed by atoms with Crippen LogP contribution in [0.25, 0.3) is 0 Å². The van der Waals surface area contributed by atoms with Gasteiger partial charge in [-0.1, -0.05) is 5.16 Å². The minimum absolute atomic E-state index is 0.0143. The summed E-state index contributed by atoms with van der Waals surface area (Å²) in [7, 11) is -4.98. The van der Waals surface area contributed by atoms with Crippen LogP contribution in [-0.4, -0.2) is 80.3 Å². The van der Waals surface area contributed by atoms with Crippen molar-refractivity contribution in [1.82, 2.24) is 15.4 Å². The van der Waals surface area contributed by atoms with Gasteiger partial charge in [0.15, 0.2) is 16.6 Å². The molecule has 1 aliphatic heterocycles. The number of β-lactam (4-membered cyclic amide) rings is 1. The minimum Gasteiger partial charge on any atom is -0.504 e. The quantitative estimate of drug-likeness (QED) is 0.117. The van der Waals surface area contributed by atoms with E-state index in [0.29, 0.717) is 5.06 Å². The number of nitrogens with two attached hydrogens (primary N) is 1. The van der Waals surface area contributed by atoms with Crippen LogP contribution in [0, 0.1) is 0 Å². The van der Waals surface area contributed by atoms with Crippen molar-refractivity contribution in [2.75, 3.05) is 5.73 Å². The van der Waals surface area contributed by atoms with Crippen LogP contribution in [0.3, 0.4) is 0 Å². The number of amides is 2. The van der Waals surface area contributed by atoms with Gasteiger partial charge in [0.25, 0.3) is 11.8 Å². The molecule has 0 radical (unpaired) electrons. The number of anilines is 1. The van der Waals surface area contributed by atoms with E-state index >= 15 is 0 Å². The number of aliphatic hydroxyl groups excluding tert-OH is 2. The van der Waals surface area contributed by atoms with Gasteiger partial charge < -0.3 is 26.1 Å². The number of oxime groups is 1. The largest absolute Gasteiger partial charge is 0.504 e. The first kappa shape index (κ1) is 26.2. The third-order valence-corrected chi connectivity index (χ3v) is 6.09. The SMILES string of the molecule is C[C@H](O/N=C(\C(=O)N[C@@H]1C(=O)N(OS(=O)(=O)O)C1(C)C)c1csc(N)n1)C1=CC(=O)C(O)=CC1O. The van der Waals surface area contributed by atoms with Crippen molar-refractivity contribution in [3.8, 4) is 0 Å². The second-order valence-electron chi connectivity index (χ2n) is 7.96. The van der Waals surface area contributed by atoms with Crippen LogP contribution in [0.15, 0.2) is 34.0 Å². The molecule has 17 heteroatoms. The molecule has 3 rings (SSSR count). The van der Waals surface area contributed by atoms with Crippen LogP contribution in [0.5, 0.6) is 0 Å². The highest BCUT2D eigenvalue weighted by Gasteiger charge is 2.58. The van der Waals surface area contributed by atoms with Crippen LogP contribution < -0.4 is 11.1 Å². The fourth-order valence-electron chi connectivity index (χ4n) is 3.21. The molecule has 1 fully saturated rings. The molecule has 1 unspecified atom stereocenters. The average Bonchev–Trinajstić information content (AvgIpc) is 3.17. The van der Waals surface area contributed by atoms with Gasteiger partial charge in [0.1, 0.15) is 23.9 Å². The maximum atomic E-state index is 13.0. The van der Waals surface area contributed by atoms with Crippen LogP contribution in [0.1, 0.15) is 26.5 Å². The number of hydrogen-bond acceptors (Lipinski definition) is 13. The van der Waals surface area contributed by atoms with Gasteiger partial charge in [0.05, 0.1) is 5.54 Å². The minimum atomic E-state index is -4.98. The summed E-state index contributed by atoms with van der Waals surface area (Å²) in [6.45, 7) is 4.17. The van der Waals surface area contributed by atoms with Gasteiger partial charge in [0, 0.05) is 11.0 Å². The average molecular weight is 532 g/mol. The molecular weight excluding hydrogens is 510 g/mol. The molecule has 0 spiro atoms. The van der Waals surface area contributed by atoms with Crippen molar-refractivity contribution in [1.29, 1.82) is 0 Å². The Labute approximate surface area is 202 Å². The first-order valence-electron chi connectivity index (χ1n) is 9.73. The van der Waals surface area contributed by atoms with E-state index in [-0.39, 0.29) is 16.4 Å². The van der Waals surface area contributed by atoms with Crippen molar-refractivity contribution >= 4 is 50.2 Å². The van der Waals surface area contributed by atoms with Crippen LogP contribution in [-0.2, 0) is 33.9 Å². The Morgan fingerprint density at radius 3 is 2.60 bits per heavy atom. The summed E-state index contributed by atoms with van der Waals surface area (Å²) in [6.07, 6.45) is -0.481. The number of carbonyl (C=O) groups excluding carboxylic acids is 3. The molecule has 1 aromatic heterocycles. The normalized spacial score (nSPS) is 23.2. The topological polar surface area (TPSA) is 231 Å². The van der Waals surface area contributed by atoms with E-state index in [9.17, 15) is 33.0 Å². The van der Waals surface area contributed by atoms with E-state index < -0.39 is 63.3 Å². The predicted molar refractivity (Wildman–Crippen MR) is 119 cm³/mol. The molecule has 15 nitrogen and oxygen atoms in total. The lowest BCUT2D eigenvalue weighted by Crippen LogP contribution is -2.76. The zero-order valence-electron chi connectivity index (χ0n) is 18.4. The van der Waals surface area contributed by atoms with Gasteiger partial charge in [-0.15, -0.1) is 15.6 Å². The van der Waals surface area contributed by atoms with Gasteiger partial charge in [-0.3, -0.25) is 18.9 Å². The first-order valence-corrected chi connectivity index (χ1v) is 12.0. The summed E-state index contributed by atoms with van der Waals surface area (Å²) in [5, 5.41) is 27.5. The molecule has 6 N–H and O–H groups in total. The number of hydroxylamine groups is 2. The third-order valence-electron chi connectivity index (χ3n) is 5.08. The fraction of sp³-hybridized carbons (Fsp3) is 0.389. The molecule has 35 heavy (non-hydrogen) atoms. The van der Waals surface area contributed by atoms with E-state index in [1.807, 2.05) is 0 Å². The van der Waals surface area contributed by atoms with Crippen molar-refractivity contribution in [3.05, 3.63) is 34.6 Å². The molecule has 0 saturated carbocycles. The Morgan fingerprint density at radius 1 is 1.40 bits per heavy atom. The van der Waals surface area contributed by atoms with Gasteiger partial charge in [-0.05, 0) is 32.9 Å². The maximum Gasteiger partial charge on any atom is 0.418 e. The third kappa shape index (κ3) is 5.49. The Balaban J connectivity index is 1.81. The predicted octanol–water partition coefficient (Wildman–Crippen LogP) is -1.01. The van der Waals surface area contributed by atoms with Crippen LogP contribution >= 0.6 is 11.3 Å². The van der Waals surface area contributed by atoms with Crippen LogP contribution in [0.2, 0.25) is 0 Å². The number of rotatable bonds is 8. The second-order valence-corrected chi connectivity index (χ2v) is 9.85. The van der Waals surface area contributed by atoms with Gasteiger partial charge in [-0.25, -0.2) is 4.98 Å². The van der Waals surface area contributed by atoms with E-state index in [2.05, 4.69) is 19.7 Å². The smallest absolute Gasteiger partial charge is 0.418 e. The molecule has 190 valence electrons. The Bertz CT molecular complexity index is 1270. The number of nitrogens with one attached hydrogen (secondary N) is 1. The number of nitrogen functional groups attached to an aromatic ring is 1. The zero-order valence-corrected chi connectivity index (χ0v) is 20.0. The van der Waals surface area contributed by atoms with Crippen LogP contribution in [0.4, 0.5) is 5.13 Å². The monoisotopic (exact) mass is 531 g/mol. The Hall–Kier alpha value is -3.38. The highest BCUT2D eigenvalue weighted by molar-refractivity contribution is 7.80. The highest BCUT2D eigenvalue weighted by Crippen LogP contribution is 2.33. The lowest BCUT2D eigenvalue weighted by atomic mass is 9.84. The lowest BCUT2D eigenvalue weighted by molar-refractivity contribution is -0.218. The molecule has 2 heterocycles.